The van der Waals surface area contributed by atoms with E-state index in [0.717, 1.165) is 12.1 Å². The summed E-state index contributed by atoms with van der Waals surface area (Å²) in [5.41, 5.74) is 0.753. The molecule has 0 spiro atoms. The van der Waals surface area contributed by atoms with E-state index < -0.39 is 15.8 Å². The van der Waals surface area contributed by atoms with E-state index in [-0.39, 0.29) is 11.4 Å². The van der Waals surface area contributed by atoms with Crippen molar-refractivity contribution in [3.63, 3.8) is 0 Å². The third-order valence-electron chi connectivity index (χ3n) is 3.37. The first kappa shape index (κ1) is 16.4. The predicted octanol–water partition coefficient (Wildman–Crippen LogP) is 1.35. The molecule has 0 atom stereocenters. The van der Waals surface area contributed by atoms with Gasteiger partial charge in [-0.25, -0.2) is 12.8 Å². The van der Waals surface area contributed by atoms with Gasteiger partial charge < -0.3 is 10.1 Å². The van der Waals surface area contributed by atoms with Gasteiger partial charge in [0.25, 0.3) is 0 Å². The van der Waals surface area contributed by atoms with Gasteiger partial charge in [-0.1, -0.05) is 13.0 Å². The van der Waals surface area contributed by atoms with Gasteiger partial charge in [0.1, 0.15) is 10.7 Å². The molecule has 1 aromatic carbocycles. The van der Waals surface area contributed by atoms with E-state index >= 15 is 0 Å². The molecule has 0 aromatic heterocycles. The van der Waals surface area contributed by atoms with Crippen molar-refractivity contribution < 1.29 is 17.5 Å². The average molecular weight is 316 g/mol. The summed E-state index contributed by atoms with van der Waals surface area (Å²) in [6, 6.07) is 4.23. The number of nitrogens with zero attached hydrogens (tertiary/aromatic N) is 1. The van der Waals surface area contributed by atoms with Gasteiger partial charge in [-0.2, -0.15) is 4.31 Å². The van der Waals surface area contributed by atoms with Crippen LogP contribution in [0.5, 0.6) is 0 Å². The molecule has 1 aliphatic rings. The molecule has 21 heavy (non-hydrogen) atoms. The van der Waals surface area contributed by atoms with E-state index in [1.165, 1.54) is 16.4 Å². The normalized spacial score (nSPS) is 17.6. The number of sulfonamides is 1. The monoisotopic (exact) mass is 316 g/mol. The van der Waals surface area contributed by atoms with Gasteiger partial charge in [0.15, 0.2) is 0 Å². The van der Waals surface area contributed by atoms with Crippen molar-refractivity contribution in [2.45, 2.75) is 24.8 Å². The Labute approximate surface area is 125 Å². The highest BCUT2D eigenvalue weighted by atomic mass is 32.2. The van der Waals surface area contributed by atoms with Gasteiger partial charge in [-0.3, -0.25) is 0 Å². The number of hydrogen-bond acceptors (Lipinski definition) is 4. The summed E-state index contributed by atoms with van der Waals surface area (Å²) >= 11 is 0. The predicted molar refractivity (Wildman–Crippen MR) is 78.0 cm³/mol. The lowest BCUT2D eigenvalue weighted by atomic mass is 10.2. The van der Waals surface area contributed by atoms with Crippen LogP contribution in [0.25, 0.3) is 0 Å². The summed E-state index contributed by atoms with van der Waals surface area (Å²) in [6.45, 7) is 4.75. The Morgan fingerprint density at radius 3 is 2.90 bits per heavy atom. The lowest BCUT2D eigenvalue weighted by Crippen LogP contribution is -2.34. The van der Waals surface area contributed by atoms with Gasteiger partial charge >= 0.3 is 0 Å². The second-order valence-corrected chi connectivity index (χ2v) is 6.82. The molecule has 2 rings (SSSR count). The first-order chi connectivity index (χ1) is 10.1. The topological polar surface area (TPSA) is 58.6 Å². The molecule has 0 unspecified atom stereocenters. The fourth-order valence-electron chi connectivity index (χ4n) is 2.23. The highest BCUT2D eigenvalue weighted by Crippen LogP contribution is 2.22. The molecule has 5 nitrogen and oxygen atoms in total. The Morgan fingerprint density at radius 1 is 1.33 bits per heavy atom. The Balaban J connectivity index is 2.29. The first-order valence-electron chi connectivity index (χ1n) is 7.12. The Hall–Kier alpha value is -1.02. The van der Waals surface area contributed by atoms with Crippen LogP contribution in [-0.2, 0) is 21.3 Å². The number of hydrogen-bond donors (Lipinski definition) is 1. The van der Waals surface area contributed by atoms with Crippen LogP contribution in [0, 0.1) is 5.82 Å². The molecule has 0 aliphatic carbocycles. The van der Waals surface area contributed by atoms with Crippen molar-refractivity contribution in [3.05, 3.63) is 29.6 Å². The Kier molecular flexibility index (Phi) is 5.69. The number of nitrogens with one attached hydrogen (secondary N) is 1. The van der Waals surface area contributed by atoms with Gasteiger partial charge in [0.05, 0.1) is 6.61 Å². The molecule has 1 N–H and O–H groups in total. The summed E-state index contributed by atoms with van der Waals surface area (Å²) in [6.07, 6.45) is 0.623. The molecule has 7 heteroatoms. The van der Waals surface area contributed by atoms with Crippen LogP contribution in [0.2, 0.25) is 0 Å². The standard InChI is InChI=1S/C14H21FN2O3S/c1-2-16-11-12-4-5-13(15)14(10-12)21(18,19)17-6-3-8-20-9-7-17/h4-5,10,16H,2-3,6-9,11H2,1H3. The smallest absolute Gasteiger partial charge is 0.246 e. The number of halogens is 1. The summed E-state index contributed by atoms with van der Waals surface area (Å²) in [5.74, 6) is -0.708. The maximum atomic E-state index is 14.0. The van der Waals surface area contributed by atoms with Crippen LogP contribution in [0.4, 0.5) is 4.39 Å². The van der Waals surface area contributed by atoms with Crippen LogP contribution in [0.1, 0.15) is 18.9 Å². The van der Waals surface area contributed by atoms with Crippen LogP contribution >= 0.6 is 0 Å². The van der Waals surface area contributed by atoms with Crippen molar-refractivity contribution in [2.75, 3.05) is 32.8 Å². The van der Waals surface area contributed by atoms with Crippen LogP contribution in [-0.4, -0.2) is 45.6 Å². The summed E-state index contributed by atoms with van der Waals surface area (Å²) in [7, 11) is -3.81. The highest BCUT2D eigenvalue weighted by Gasteiger charge is 2.28. The molecule has 1 aromatic rings. The maximum Gasteiger partial charge on any atom is 0.246 e. The largest absolute Gasteiger partial charge is 0.380 e. The molecule has 0 saturated carbocycles. The molecule has 0 radical (unpaired) electrons. The molecular weight excluding hydrogens is 295 g/mol. The van der Waals surface area contributed by atoms with E-state index in [4.69, 9.17) is 4.74 Å². The molecular formula is C14H21FN2O3S. The Bertz CT molecular complexity index is 570. The first-order valence-corrected chi connectivity index (χ1v) is 8.56. The summed E-state index contributed by atoms with van der Waals surface area (Å²) in [5, 5.41) is 3.10. The van der Waals surface area contributed by atoms with Crippen molar-refractivity contribution in [1.29, 1.82) is 0 Å². The highest BCUT2D eigenvalue weighted by molar-refractivity contribution is 7.89. The number of ether oxygens (including phenoxy) is 1. The second-order valence-electron chi connectivity index (χ2n) is 4.92. The zero-order valence-electron chi connectivity index (χ0n) is 12.1. The zero-order chi connectivity index (χ0) is 15.3. The van der Waals surface area contributed by atoms with Crippen molar-refractivity contribution >= 4 is 10.0 Å². The molecule has 1 aliphatic heterocycles. The number of rotatable bonds is 5. The third-order valence-corrected chi connectivity index (χ3v) is 5.29. The van der Waals surface area contributed by atoms with E-state index in [1.54, 1.807) is 6.07 Å². The van der Waals surface area contributed by atoms with Crippen LogP contribution in [0.3, 0.4) is 0 Å². The molecule has 1 saturated heterocycles. The van der Waals surface area contributed by atoms with Crippen molar-refractivity contribution in [1.82, 2.24) is 9.62 Å². The molecule has 1 fully saturated rings. The SMILES string of the molecule is CCNCc1ccc(F)c(S(=O)(=O)N2CCCOCC2)c1. The summed E-state index contributed by atoms with van der Waals surface area (Å²) < 4.78 is 45.7. The second kappa shape index (κ2) is 7.31. The van der Waals surface area contributed by atoms with E-state index in [2.05, 4.69) is 5.32 Å². The van der Waals surface area contributed by atoms with Crippen molar-refractivity contribution in [2.24, 2.45) is 0 Å². The third kappa shape index (κ3) is 4.00. The van der Waals surface area contributed by atoms with Gasteiger partial charge in [-0.05, 0) is 30.7 Å². The van der Waals surface area contributed by atoms with Crippen LogP contribution in [0.15, 0.2) is 23.1 Å². The quantitative estimate of drug-likeness (QED) is 0.891. The lowest BCUT2D eigenvalue weighted by Gasteiger charge is -2.20. The van der Waals surface area contributed by atoms with Gasteiger partial charge in [-0.15, -0.1) is 0 Å². The minimum absolute atomic E-state index is 0.250. The minimum atomic E-state index is -3.81. The van der Waals surface area contributed by atoms with Gasteiger partial charge in [0.2, 0.25) is 10.0 Å². The molecule has 118 valence electrons. The van der Waals surface area contributed by atoms with Gasteiger partial charge in [0, 0.05) is 26.2 Å². The summed E-state index contributed by atoms with van der Waals surface area (Å²) in [4.78, 5) is -0.250. The molecule has 1 heterocycles. The van der Waals surface area contributed by atoms with E-state index in [0.29, 0.717) is 32.7 Å². The Morgan fingerprint density at radius 2 is 2.14 bits per heavy atom. The average Bonchev–Trinajstić information content (AvgIpc) is 2.75. The fourth-order valence-corrected chi connectivity index (χ4v) is 3.80. The van der Waals surface area contributed by atoms with Crippen molar-refractivity contribution in [3.8, 4) is 0 Å². The fraction of sp³-hybridized carbons (Fsp3) is 0.571. The zero-order valence-corrected chi connectivity index (χ0v) is 13.0. The number of benzene rings is 1. The maximum absolute atomic E-state index is 14.0. The minimum Gasteiger partial charge on any atom is -0.380 e. The lowest BCUT2D eigenvalue weighted by molar-refractivity contribution is 0.148. The van der Waals surface area contributed by atoms with E-state index in [1.807, 2.05) is 6.92 Å². The van der Waals surface area contributed by atoms with Crippen LogP contribution < -0.4 is 5.32 Å². The molecule has 0 amide bonds. The van der Waals surface area contributed by atoms with E-state index in [9.17, 15) is 12.8 Å². The molecule has 0 bridgehead atoms.